The standard InChI is InChI=1S/C21H23BN5O/c1-13-11-27-20(28)16-5-3-4-6-18(16)24-21(27)25-19(13)26-8-7-17-14(12-26)9-15(22-2)10-23-17/h9-11H,3-8,12H2,1-2H3. The summed E-state index contributed by atoms with van der Waals surface area (Å²) in [5, 5.41) is 0. The van der Waals surface area contributed by atoms with Crippen molar-refractivity contribution in [3.05, 3.63) is 56.9 Å². The highest BCUT2D eigenvalue weighted by Crippen LogP contribution is 2.25. The number of fused-ring (bicyclic) bond motifs is 3. The molecule has 0 saturated heterocycles. The lowest BCUT2D eigenvalue weighted by atomic mass is 9.73. The number of hydrogen-bond acceptors (Lipinski definition) is 5. The molecule has 6 nitrogen and oxygen atoms in total. The van der Waals surface area contributed by atoms with Gasteiger partial charge in [-0.15, -0.1) is 0 Å². The van der Waals surface area contributed by atoms with Crippen LogP contribution in [-0.2, 0) is 25.8 Å². The Morgan fingerprint density at radius 3 is 2.82 bits per heavy atom. The van der Waals surface area contributed by atoms with Gasteiger partial charge in [-0.1, -0.05) is 18.4 Å². The van der Waals surface area contributed by atoms with Gasteiger partial charge in [0.1, 0.15) is 13.1 Å². The molecule has 0 unspecified atom stereocenters. The molecule has 141 valence electrons. The van der Waals surface area contributed by atoms with Crippen LogP contribution >= 0.6 is 0 Å². The van der Waals surface area contributed by atoms with Crippen LogP contribution in [0.15, 0.2) is 23.3 Å². The van der Waals surface area contributed by atoms with Crippen molar-refractivity contribution in [2.45, 2.75) is 52.4 Å². The van der Waals surface area contributed by atoms with Gasteiger partial charge in [0.2, 0.25) is 5.78 Å². The van der Waals surface area contributed by atoms with Gasteiger partial charge >= 0.3 is 0 Å². The van der Waals surface area contributed by atoms with E-state index in [1.807, 2.05) is 26.1 Å². The molecule has 0 N–H and O–H groups in total. The van der Waals surface area contributed by atoms with Crippen molar-refractivity contribution in [1.82, 2.24) is 19.4 Å². The molecular formula is C21H23BN5O. The maximum atomic E-state index is 12.9. The zero-order chi connectivity index (χ0) is 19.3. The Morgan fingerprint density at radius 2 is 1.96 bits per heavy atom. The van der Waals surface area contributed by atoms with Crippen LogP contribution in [-0.4, -0.2) is 33.2 Å². The summed E-state index contributed by atoms with van der Waals surface area (Å²) in [5.41, 5.74) is 6.43. The summed E-state index contributed by atoms with van der Waals surface area (Å²) >= 11 is 0. The van der Waals surface area contributed by atoms with E-state index in [9.17, 15) is 4.79 Å². The molecule has 0 atom stereocenters. The second-order valence-electron chi connectivity index (χ2n) is 7.80. The fraction of sp³-hybridized carbons (Fsp3) is 0.429. The van der Waals surface area contributed by atoms with Gasteiger partial charge in [0.25, 0.3) is 5.56 Å². The summed E-state index contributed by atoms with van der Waals surface area (Å²) in [6.07, 6.45) is 8.62. The Morgan fingerprint density at radius 1 is 1.11 bits per heavy atom. The molecule has 3 aromatic rings. The summed E-state index contributed by atoms with van der Waals surface area (Å²) in [4.78, 5) is 29.4. The number of anilines is 1. The molecule has 5 rings (SSSR count). The number of hydrogen-bond donors (Lipinski definition) is 0. The third-order valence-electron chi connectivity index (χ3n) is 5.94. The lowest BCUT2D eigenvalue weighted by molar-refractivity contribution is 0.652. The smallest absolute Gasteiger partial charge is 0.262 e. The Balaban J connectivity index is 1.57. The quantitative estimate of drug-likeness (QED) is 0.640. The van der Waals surface area contributed by atoms with E-state index >= 15 is 0 Å². The van der Waals surface area contributed by atoms with Crippen molar-refractivity contribution in [2.75, 3.05) is 11.4 Å². The summed E-state index contributed by atoms with van der Waals surface area (Å²) < 4.78 is 1.63. The van der Waals surface area contributed by atoms with Gasteiger partial charge in [-0.3, -0.25) is 14.2 Å². The van der Waals surface area contributed by atoms with Crippen molar-refractivity contribution in [2.24, 2.45) is 0 Å². The van der Waals surface area contributed by atoms with Crippen LogP contribution in [0.25, 0.3) is 5.78 Å². The molecule has 1 aliphatic heterocycles. The first-order valence-corrected chi connectivity index (χ1v) is 10.1. The van der Waals surface area contributed by atoms with Gasteiger partial charge in [0, 0.05) is 48.7 Å². The zero-order valence-electron chi connectivity index (χ0n) is 16.4. The van der Waals surface area contributed by atoms with Crippen molar-refractivity contribution >= 4 is 24.3 Å². The van der Waals surface area contributed by atoms with E-state index in [0.29, 0.717) is 5.78 Å². The van der Waals surface area contributed by atoms with Gasteiger partial charge in [-0.2, -0.15) is 4.98 Å². The highest BCUT2D eigenvalue weighted by atomic mass is 16.1. The predicted octanol–water partition coefficient (Wildman–Crippen LogP) is 1.61. The fourth-order valence-electron chi connectivity index (χ4n) is 4.39. The van der Waals surface area contributed by atoms with Crippen molar-refractivity contribution in [3.63, 3.8) is 0 Å². The number of aryl methyl sites for hydroxylation is 2. The molecule has 0 bridgehead atoms. The molecule has 0 amide bonds. The third-order valence-corrected chi connectivity index (χ3v) is 5.94. The summed E-state index contributed by atoms with van der Waals surface area (Å²) in [6.45, 7) is 5.71. The monoisotopic (exact) mass is 372 g/mol. The number of nitrogens with zero attached hydrogens (tertiary/aromatic N) is 5. The maximum absolute atomic E-state index is 12.9. The van der Waals surface area contributed by atoms with Gasteiger partial charge in [-0.25, -0.2) is 4.98 Å². The topological polar surface area (TPSA) is 63.4 Å². The molecule has 0 spiro atoms. The average Bonchev–Trinajstić information content (AvgIpc) is 2.73. The summed E-state index contributed by atoms with van der Waals surface area (Å²) in [7, 11) is 2.07. The van der Waals surface area contributed by atoms with Gasteiger partial charge in [-0.05, 0) is 38.2 Å². The lowest BCUT2D eigenvalue weighted by Gasteiger charge is -2.30. The first-order valence-electron chi connectivity index (χ1n) is 10.1. The van der Waals surface area contributed by atoms with E-state index < -0.39 is 0 Å². The highest BCUT2D eigenvalue weighted by molar-refractivity contribution is 6.51. The minimum atomic E-state index is 0.0539. The molecule has 7 heteroatoms. The van der Waals surface area contributed by atoms with Crippen molar-refractivity contribution in [1.29, 1.82) is 0 Å². The molecule has 4 heterocycles. The molecule has 0 saturated carbocycles. The third kappa shape index (κ3) is 2.80. The van der Waals surface area contributed by atoms with E-state index in [1.165, 1.54) is 11.3 Å². The lowest BCUT2D eigenvalue weighted by Crippen LogP contribution is -2.34. The van der Waals surface area contributed by atoms with Crippen LogP contribution < -0.4 is 15.9 Å². The van der Waals surface area contributed by atoms with E-state index in [1.54, 1.807) is 4.40 Å². The molecule has 28 heavy (non-hydrogen) atoms. The van der Waals surface area contributed by atoms with Crippen molar-refractivity contribution < 1.29 is 0 Å². The maximum Gasteiger partial charge on any atom is 0.262 e. The molecule has 0 aromatic carbocycles. The highest BCUT2D eigenvalue weighted by Gasteiger charge is 2.23. The zero-order valence-corrected chi connectivity index (χ0v) is 16.4. The van der Waals surface area contributed by atoms with Crippen LogP contribution in [0.5, 0.6) is 0 Å². The van der Waals surface area contributed by atoms with Crippen molar-refractivity contribution in [3.8, 4) is 0 Å². The summed E-state index contributed by atoms with van der Waals surface area (Å²) in [6, 6.07) is 2.21. The van der Waals surface area contributed by atoms with E-state index in [4.69, 9.17) is 9.97 Å². The SMILES string of the molecule is C[B]c1cnc2c(c1)CN(c1nc3nc4c(c(=O)n3cc1C)CCCC4)CC2. The number of rotatable bonds is 2. The van der Waals surface area contributed by atoms with E-state index in [2.05, 4.69) is 23.2 Å². The number of pyridine rings is 1. The molecule has 1 radical (unpaired) electrons. The van der Waals surface area contributed by atoms with E-state index in [0.717, 1.165) is 73.3 Å². The van der Waals surface area contributed by atoms with Gasteiger partial charge in [0.15, 0.2) is 0 Å². The predicted molar refractivity (Wildman–Crippen MR) is 111 cm³/mol. The molecule has 0 fully saturated rings. The van der Waals surface area contributed by atoms with Crippen LogP contribution in [0, 0.1) is 6.92 Å². The van der Waals surface area contributed by atoms with E-state index in [-0.39, 0.29) is 5.56 Å². The molecule has 1 aliphatic carbocycles. The Labute approximate surface area is 164 Å². The Kier molecular flexibility index (Phi) is 4.18. The normalized spacial score (nSPS) is 16.0. The number of aromatic nitrogens is 4. The van der Waals surface area contributed by atoms with Crippen LogP contribution in [0.3, 0.4) is 0 Å². The Bertz CT molecular complexity index is 1140. The second-order valence-corrected chi connectivity index (χ2v) is 7.80. The fourth-order valence-corrected chi connectivity index (χ4v) is 4.39. The minimum Gasteiger partial charge on any atom is -0.351 e. The minimum absolute atomic E-state index is 0.0539. The summed E-state index contributed by atoms with van der Waals surface area (Å²) in [5.74, 6) is 1.44. The first-order chi connectivity index (χ1) is 13.6. The molecule has 3 aromatic heterocycles. The van der Waals surface area contributed by atoms with Gasteiger partial charge in [0.05, 0.1) is 5.69 Å². The Hall–Kier alpha value is -2.70. The molecular weight excluding hydrogens is 349 g/mol. The molecule has 2 aliphatic rings. The largest absolute Gasteiger partial charge is 0.351 e. The second kappa shape index (κ2) is 6.72. The van der Waals surface area contributed by atoms with Crippen LogP contribution in [0.1, 0.15) is 40.9 Å². The van der Waals surface area contributed by atoms with Crippen LogP contribution in [0.4, 0.5) is 5.82 Å². The average molecular weight is 372 g/mol. The first kappa shape index (κ1) is 17.4. The van der Waals surface area contributed by atoms with Crippen LogP contribution in [0.2, 0.25) is 6.82 Å². The van der Waals surface area contributed by atoms with Gasteiger partial charge < -0.3 is 4.90 Å².